The fraction of sp³-hybridized carbons (Fsp3) is 0. The molecule has 0 aliphatic rings. The summed E-state index contributed by atoms with van der Waals surface area (Å²) >= 11 is 6.27. The minimum atomic E-state index is -0.434. The van der Waals surface area contributed by atoms with Gasteiger partial charge in [-0.05, 0) is 68.3 Å². The Morgan fingerprint density at radius 3 is 1.56 bits per heavy atom. The van der Waals surface area contributed by atoms with Crippen LogP contribution in [0, 0.1) is 11.6 Å². The summed E-state index contributed by atoms with van der Waals surface area (Å²) in [5.41, 5.74) is 0.646. The minimum Gasteiger partial charge on any atom is -0.289 e. The molecule has 0 heterocycles. The molecule has 0 bridgehead atoms. The van der Waals surface area contributed by atoms with E-state index in [9.17, 15) is 13.6 Å². The number of rotatable bonds is 2. The first-order valence-corrected chi connectivity index (χ1v) is 6.52. The fourth-order valence-electron chi connectivity index (χ4n) is 1.49. The first-order chi connectivity index (χ1) is 8.49. The second kappa shape index (κ2) is 5.28. The molecule has 0 radical (unpaired) electrons. The molecule has 0 spiro atoms. The molecule has 92 valence electrons. The fourth-order valence-corrected chi connectivity index (χ4v) is 2.55. The SMILES string of the molecule is O=C(c1ccc(F)cc1Br)c1ccc(F)cc1Br. The summed E-state index contributed by atoms with van der Waals surface area (Å²) in [5.74, 6) is -1.18. The first kappa shape index (κ1) is 13.4. The zero-order valence-corrected chi connectivity index (χ0v) is 12.1. The largest absolute Gasteiger partial charge is 0.289 e. The van der Waals surface area contributed by atoms with Crippen LogP contribution in [0.1, 0.15) is 15.9 Å². The van der Waals surface area contributed by atoms with Gasteiger partial charge in [-0.1, -0.05) is 0 Å². The van der Waals surface area contributed by atoms with E-state index in [-0.39, 0.29) is 5.78 Å². The van der Waals surface area contributed by atoms with Crippen LogP contribution in [-0.2, 0) is 0 Å². The molecular weight excluding hydrogens is 370 g/mol. The van der Waals surface area contributed by atoms with Crippen LogP contribution < -0.4 is 0 Å². The third kappa shape index (κ3) is 2.67. The van der Waals surface area contributed by atoms with Gasteiger partial charge >= 0.3 is 0 Å². The van der Waals surface area contributed by atoms with Crippen LogP contribution in [0.3, 0.4) is 0 Å². The van der Waals surface area contributed by atoms with Crippen LogP contribution in [0.15, 0.2) is 45.3 Å². The van der Waals surface area contributed by atoms with Gasteiger partial charge in [-0.3, -0.25) is 4.79 Å². The normalized spacial score (nSPS) is 10.4. The van der Waals surface area contributed by atoms with Gasteiger partial charge in [0, 0.05) is 20.1 Å². The summed E-state index contributed by atoms with van der Waals surface area (Å²) in [6.07, 6.45) is 0. The molecule has 0 saturated carbocycles. The summed E-state index contributed by atoms with van der Waals surface area (Å²) in [4.78, 5) is 12.2. The highest BCUT2D eigenvalue weighted by molar-refractivity contribution is 9.11. The Balaban J connectivity index is 2.48. The Kier molecular flexibility index (Phi) is 3.92. The topological polar surface area (TPSA) is 17.1 Å². The van der Waals surface area contributed by atoms with Crippen molar-refractivity contribution in [3.63, 3.8) is 0 Å². The van der Waals surface area contributed by atoms with Gasteiger partial charge in [0.25, 0.3) is 0 Å². The lowest BCUT2D eigenvalue weighted by Crippen LogP contribution is -2.04. The Morgan fingerprint density at radius 1 is 0.833 bits per heavy atom. The van der Waals surface area contributed by atoms with Crippen molar-refractivity contribution in [3.8, 4) is 0 Å². The Labute approximate surface area is 119 Å². The zero-order chi connectivity index (χ0) is 13.3. The Bertz CT molecular complexity index is 573. The number of carbonyl (C=O) groups is 1. The van der Waals surface area contributed by atoms with Crippen molar-refractivity contribution >= 4 is 37.6 Å². The molecular formula is C13H6Br2F2O. The van der Waals surface area contributed by atoms with Crippen LogP contribution in [0.2, 0.25) is 0 Å². The Hall–Kier alpha value is -1.07. The van der Waals surface area contributed by atoms with Gasteiger partial charge < -0.3 is 0 Å². The quantitative estimate of drug-likeness (QED) is 0.694. The second-order valence-electron chi connectivity index (χ2n) is 3.58. The van der Waals surface area contributed by atoms with E-state index < -0.39 is 11.6 Å². The van der Waals surface area contributed by atoms with Gasteiger partial charge in [-0.25, -0.2) is 8.78 Å². The number of ketones is 1. The van der Waals surface area contributed by atoms with Crippen molar-refractivity contribution in [2.24, 2.45) is 0 Å². The first-order valence-electron chi connectivity index (χ1n) is 4.94. The predicted molar refractivity (Wildman–Crippen MR) is 71.6 cm³/mol. The van der Waals surface area contributed by atoms with Gasteiger partial charge in [0.05, 0.1) is 0 Å². The standard InChI is InChI=1S/C13H6Br2F2O/c14-11-5-7(16)1-3-9(11)13(18)10-4-2-8(17)6-12(10)15/h1-6H. The van der Waals surface area contributed by atoms with E-state index in [0.717, 1.165) is 0 Å². The van der Waals surface area contributed by atoms with Crippen molar-refractivity contribution in [1.29, 1.82) is 0 Å². The van der Waals surface area contributed by atoms with Gasteiger partial charge in [0.2, 0.25) is 0 Å². The van der Waals surface area contributed by atoms with Gasteiger partial charge in [-0.2, -0.15) is 0 Å². The van der Waals surface area contributed by atoms with E-state index in [1.54, 1.807) is 0 Å². The number of hydrogen-bond acceptors (Lipinski definition) is 1. The number of hydrogen-bond donors (Lipinski definition) is 0. The van der Waals surface area contributed by atoms with Crippen LogP contribution in [-0.4, -0.2) is 5.78 Å². The summed E-state index contributed by atoms with van der Waals surface area (Å²) in [5, 5.41) is 0. The Morgan fingerprint density at radius 2 is 1.22 bits per heavy atom. The molecule has 0 aromatic heterocycles. The maximum atomic E-state index is 12.9. The molecule has 2 aromatic carbocycles. The summed E-state index contributed by atoms with van der Waals surface area (Å²) in [6.45, 7) is 0. The molecule has 0 atom stereocenters. The lowest BCUT2D eigenvalue weighted by atomic mass is 10.0. The number of carbonyl (C=O) groups excluding carboxylic acids is 1. The smallest absolute Gasteiger partial charge is 0.195 e. The van der Waals surface area contributed by atoms with Crippen LogP contribution in [0.4, 0.5) is 8.78 Å². The van der Waals surface area contributed by atoms with Crippen molar-refractivity contribution in [2.75, 3.05) is 0 Å². The molecule has 2 rings (SSSR count). The second-order valence-corrected chi connectivity index (χ2v) is 5.29. The molecule has 0 saturated heterocycles. The van der Waals surface area contributed by atoms with E-state index >= 15 is 0 Å². The molecule has 2 aromatic rings. The van der Waals surface area contributed by atoms with Crippen LogP contribution >= 0.6 is 31.9 Å². The molecule has 0 unspecified atom stereocenters. The lowest BCUT2D eigenvalue weighted by Gasteiger charge is -2.06. The predicted octanol–water partition coefficient (Wildman–Crippen LogP) is 4.72. The van der Waals surface area contributed by atoms with E-state index in [4.69, 9.17) is 0 Å². The molecule has 0 aliphatic carbocycles. The average molecular weight is 376 g/mol. The van der Waals surface area contributed by atoms with Gasteiger partial charge in [0.15, 0.2) is 5.78 Å². The maximum absolute atomic E-state index is 12.9. The molecule has 0 fully saturated rings. The lowest BCUT2D eigenvalue weighted by molar-refractivity contribution is 0.103. The van der Waals surface area contributed by atoms with E-state index in [1.807, 2.05) is 0 Å². The van der Waals surface area contributed by atoms with E-state index in [1.165, 1.54) is 36.4 Å². The van der Waals surface area contributed by atoms with Crippen molar-refractivity contribution < 1.29 is 13.6 Å². The summed E-state index contributed by atoms with van der Waals surface area (Å²) < 4.78 is 26.6. The number of benzene rings is 2. The zero-order valence-electron chi connectivity index (χ0n) is 8.88. The monoisotopic (exact) mass is 374 g/mol. The molecule has 0 amide bonds. The summed E-state index contributed by atoms with van der Waals surface area (Å²) in [7, 11) is 0. The highest BCUT2D eigenvalue weighted by atomic mass is 79.9. The molecule has 0 aliphatic heterocycles. The molecule has 0 N–H and O–H groups in total. The van der Waals surface area contributed by atoms with Gasteiger partial charge in [-0.15, -0.1) is 0 Å². The van der Waals surface area contributed by atoms with Crippen molar-refractivity contribution in [1.82, 2.24) is 0 Å². The third-order valence-corrected chi connectivity index (χ3v) is 3.66. The highest BCUT2D eigenvalue weighted by Gasteiger charge is 2.16. The van der Waals surface area contributed by atoms with Crippen molar-refractivity contribution in [2.45, 2.75) is 0 Å². The number of halogens is 4. The van der Waals surface area contributed by atoms with E-state index in [0.29, 0.717) is 20.1 Å². The average Bonchev–Trinajstić information content (AvgIpc) is 2.28. The molecule has 1 nitrogen and oxygen atoms in total. The third-order valence-electron chi connectivity index (χ3n) is 2.35. The van der Waals surface area contributed by atoms with Crippen molar-refractivity contribution in [3.05, 3.63) is 68.1 Å². The molecule has 18 heavy (non-hydrogen) atoms. The molecule has 5 heteroatoms. The van der Waals surface area contributed by atoms with Gasteiger partial charge in [0.1, 0.15) is 11.6 Å². The summed E-state index contributed by atoms with van der Waals surface area (Å²) in [6, 6.07) is 7.61. The van der Waals surface area contributed by atoms with E-state index in [2.05, 4.69) is 31.9 Å². The highest BCUT2D eigenvalue weighted by Crippen LogP contribution is 2.25. The van der Waals surface area contributed by atoms with Crippen LogP contribution in [0.5, 0.6) is 0 Å². The minimum absolute atomic E-state index is 0.311. The van der Waals surface area contributed by atoms with Crippen LogP contribution in [0.25, 0.3) is 0 Å². The maximum Gasteiger partial charge on any atom is 0.195 e.